The molecule has 0 spiro atoms. The standard InChI is InChI=1S/C22H24ClN5O3/c1-2-3-12-27-19-16(14-17(23)24-19)21(29)28(22(27)30)13-8-7-11-18-25-20(31-26-18)15-9-5-4-6-10-15/h4-6,9-10H,2-3,7-8,11-14H2,1H3. The Morgan fingerprint density at radius 3 is 2.61 bits per heavy atom. The number of fused-ring (bicyclic) bond motifs is 1. The third-order valence-electron chi connectivity index (χ3n) is 5.30. The van der Waals surface area contributed by atoms with E-state index in [2.05, 4.69) is 22.1 Å². The van der Waals surface area contributed by atoms with Gasteiger partial charge in [0.15, 0.2) is 5.82 Å². The van der Waals surface area contributed by atoms with Crippen LogP contribution in [0.2, 0.25) is 0 Å². The lowest BCUT2D eigenvalue weighted by atomic mass is 10.2. The van der Waals surface area contributed by atoms with Crippen LogP contribution in [0.5, 0.6) is 0 Å². The van der Waals surface area contributed by atoms with E-state index in [0.29, 0.717) is 54.2 Å². The van der Waals surface area contributed by atoms with Crippen molar-refractivity contribution in [3.63, 3.8) is 0 Å². The average Bonchev–Trinajstić information content (AvgIpc) is 3.40. The van der Waals surface area contributed by atoms with Crippen molar-refractivity contribution < 1.29 is 4.52 Å². The van der Waals surface area contributed by atoms with Gasteiger partial charge >= 0.3 is 5.69 Å². The number of benzene rings is 1. The summed E-state index contributed by atoms with van der Waals surface area (Å²) in [4.78, 5) is 34.5. The molecule has 31 heavy (non-hydrogen) atoms. The molecule has 9 heteroatoms. The van der Waals surface area contributed by atoms with Crippen molar-refractivity contribution >= 4 is 22.6 Å². The zero-order chi connectivity index (χ0) is 21.8. The van der Waals surface area contributed by atoms with E-state index in [1.807, 2.05) is 30.3 Å². The molecule has 0 saturated carbocycles. The zero-order valence-corrected chi connectivity index (χ0v) is 18.1. The molecule has 2 aromatic heterocycles. The second-order valence-electron chi connectivity index (χ2n) is 7.55. The molecule has 0 bridgehead atoms. The fraction of sp³-hybridized carbons (Fsp3) is 0.409. The van der Waals surface area contributed by atoms with Crippen LogP contribution in [0.25, 0.3) is 11.5 Å². The second kappa shape index (κ2) is 9.43. The zero-order valence-electron chi connectivity index (χ0n) is 17.4. The third-order valence-corrected chi connectivity index (χ3v) is 5.51. The summed E-state index contributed by atoms with van der Waals surface area (Å²) in [6.07, 6.45) is 4.03. The Balaban J connectivity index is 1.44. The summed E-state index contributed by atoms with van der Waals surface area (Å²) in [7, 11) is 0. The van der Waals surface area contributed by atoms with E-state index in [1.165, 1.54) is 4.57 Å². The van der Waals surface area contributed by atoms with Crippen LogP contribution in [-0.2, 0) is 25.9 Å². The van der Waals surface area contributed by atoms with Gasteiger partial charge in [0.1, 0.15) is 11.0 Å². The number of hydrogen-bond donors (Lipinski definition) is 0. The molecule has 4 rings (SSSR count). The molecule has 3 heterocycles. The predicted octanol–water partition coefficient (Wildman–Crippen LogP) is 3.71. The molecule has 0 unspecified atom stereocenters. The van der Waals surface area contributed by atoms with E-state index in [0.717, 1.165) is 24.8 Å². The fourth-order valence-electron chi connectivity index (χ4n) is 3.65. The van der Waals surface area contributed by atoms with E-state index in [4.69, 9.17) is 16.1 Å². The Labute approximate surface area is 184 Å². The van der Waals surface area contributed by atoms with Gasteiger partial charge in [0, 0.05) is 31.5 Å². The molecule has 162 valence electrons. The molecule has 1 aromatic carbocycles. The van der Waals surface area contributed by atoms with Gasteiger partial charge in [-0.25, -0.2) is 9.79 Å². The van der Waals surface area contributed by atoms with Gasteiger partial charge < -0.3 is 4.52 Å². The Morgan fingerprint density at radius 2 is 1.84 bits per heavy atom. The van der Waals surface area contributed by atoms with E-state index >= 15 is 0 Å². The van der Waals surface area contributed by atoms with E-state index in [9.17, 15) is 9.59 Å². The van der Waals surface area contributed by atoms with Crippen molar-refractivity contribution in [1.29, 1.82) is 0 Å². The lowest BCUT2D eigenvalue weighted by Gasteiger charge is -2.13. The molecular formula is C22H24ClN5O3. The Morgan fingerprint density at radius 1 is 1.06 bits per heavy atom. The SMILES string of the molecule is CCCCn1c2c(c(=O)n(CCCCc3noc(-c4ccccc4)n3)c1=O)CC(Cl)=N2. The number of aryl methyl sites for hydroxylation is 1. The molecule has 3 aromatic rings. The lowest BCUT2D eigenvalue weighted by Crippen LogP contribution is -2.41. The van der Waals surface area contributed by atoms with E-state index in [1.54, 1.807) is 4.57 Å². The molecule has 0 amide bonds. The predicted molar refractivity (Wildman–Crippen MR) is 119 cm³/mol. The number of halogens is 1. The van der Waals surface area contributed by atoms with Crippen LogP contribution in [0.1, 0.15) is 44.0 Å². The highest BCUT2D eigenvalue weighted by molar-refractivity contribution is 6.66. The first kappa shape index (κ1) is 21.2. The second-order valence-corrected chi connectivity index (χ2v) is 7.99. The molecule has 1 aliphatic heterocycles. The van der Waals surface area contributed by atoms with Crippen LogP contribution in [0.15, 0.2) is 49.4 Å². The summed E-state index contributed by atoms with van der Waals surface area (Å²) >= 11 is 6.06. The fourth-order valence-corrected chi connectivity index (χ4v) is 3.86. The minimum atomic E-state index is -0.321. The highest BCUT2D eigenvalue weighted by Gasteiger charge is 2.24. The summed E-state index contributed by atoms with van der Waals surface area (Å²) in [5, 5.41) is 4.37. The molecule has 0 fully saturated rings. The highest BCUT2D eigenvalue weighted by Crippen LogP contribution is 2.24. The molecule has 0 radical (unpaired) electrons. The summed E-state index contributed by atoms with van der Waals surface area (Å²) in [5.74, 6) is 1.52. The maximum atomic E-state index is 13.0. The number of hydrogen-bond acceptors (Lipinski definition) is 6. The summed E-state index contributed by atoms with van der Waals surface area (Å²) in [6.45, 7) is 2.91. The van der Waals surface area contributed by atoms with Gasteiger partial charge in [-0.2, -0.15) is 4.98 Å². The van der Waals surface area contributed by atoms with Crippen LogP contribution >= 0.6 is 11.6 Å². The average molecular weight is 442 g/mol. The molecule has 8 nitrogen and oxygen atoms in total. The van der Waals surface area contributed by atoms with Gasteiger partial charge in [-0.1, -0.05) is 48.3 Å². The highest BCUT2D eigenvalue weighted by atomic mass is 35.5. The molecule has 0 saturated heterocycles. The monoisotopic (exact) mass is 441 g/mol. The van der Waals surface area contributed by atoms with Crippen molar-refractivity contribution in [1.82, 2.24) is 19.3 Å². The third kappa shape index (κ3) is 4.54. The number of rotatable bonds is 9. The van der Waals surface area contributed by atoms with Crippen molar-refractivity contribution in [2.45, 2.75) is 58.5 Å². The van der Waals surface area contributed by atoms with E-state index < -0.39 is 0 Å². The minimum Gasteiger partial charge on any atom is -0.334 e. The number of unbranched alkanes of at least 4 members (excludes halogenated alkanes) is 2. The van der Waals surface area contributed by atoms with E-state index in [-0.39, 0.29) is 17.7 Å². The molecule has 0 atom stereocenters. The van der Waals surface area contributed by atoms with Crippen LogP contribution < -0.4 is 11.2 Å². The van der Waals surface area contributed by atoms with Crippen molar-refractivity contribution in [3.05, 3.63) is 62.6 Å². The van der Waals surface area contributed by atoms with Gasteiger partial charge in [-0.3, -0.25) is 13.9 Å². The topological polar surface area (TPSA) is 95.3 Å². The van der Waals surface area contributed by atoms with Gasteiger partial charge in [-0.05, 0) is 31.4 Å². The lowest BCUT2D eigenvalue weighted by molar-refractivity contribution is 0.420. The Kier molecular flexibility index (Phi) is 6.46. The maximum absolute atomic E-state index is 13.0. The van der Waals surface area contributed by atoms with Crippen molar-refractivity contribution in [2.75, 3.05) is 0 Å². The van der Waals surface area contributed by atoms with Gasteiger partial charge in [0.05, 0.1) is 5.56 Å². The van der Waals surface area contributed by atoms with Gasteiger partial charge in [-0.15, -0.1) is 0 Å². The van der Waals surface area contributed by atoms with Gasteiger partial charge in [0.2, 0.25) is 0 Å². The summed E-state index contributed by atoms with van der Waals surface area (Å²) < 4.78 is 8.22. The quantitative estimate of drug-likeness (QED) is 0.472. The van der Waals surface area contributed by atoms with Crippen molar-refractivity contribution in [3.8, 4) is 11.5 Å². The minimum absolute atomic E-state index is 0.285. The first-order valence-electron chi connectivity index (χ1n) is 10.6. The van der Waals surface area contributed by atoms with Crippen LogP contribution in [0.3, 0.4) is 0 Å². The molecular weight excluding hydrogens is 418 g/mol. The summed E-state index contributed by atoms with van der Waals surface area (Å²) in [5.41, 5.74) is 0.766. The van der Waals surface area contributed by atoms with Crippen LogP contribution in [0, 0.1) is 0 Å². The molecule has 0 aliphatic carbocycles. The maximum Gasteiger partial charge on any atom is 0.332 e. The van der Waals surface area contributed by atoms with Crippen molar-refractivity contribution in [2.24, 2.45) is 4.99 Å². The van der Waals surface area contributed by atoms with Crippen LogP contribution in [0.4, 0.5) is 5.82 Å². The first-order chi connectivity index (χ1) is 15.1. The largest absolute Gasteiger partial charge is 0.334 e. The van der Waals surface area contributed by atoms with Gasteiger partial charge in [0.25, 0.3) is 11.4 Å². The van der Waals surface area contributed by atoms with Crippen LogP contribution in [-0.4, -0.2) is 24.4 Å². The normalized spacial score (nSPS) is 12.8. The Bertz CT molecular complexity index is 1210. The summed E-state index contributed by atoms with van der Waals surface area (Å²) in [6, 6.07) is 9.59. The number of nitrogens with zero attached hydrogens (tertiary/aromatic N) is 5. The Hall–Kier alpha value is -3.00. The smallest absolute Gasteiger partial charge is 0.332 e. The number of aromatic nitrogens is 4. The molecule has 0 N–H and O–H groups in total. The first-order valence-corrected chi connectivity index (χ1v) is 10.9. The number of aliphatic imine (C=N–C) groups is 1. The molecule has 1 aliphatic rings.